The maximum Gasteiger partial charge on any atom is 0.342 e. The van der Waals surface area contributed by atoms with Crippen LogP contribution in [0, 0.1) is 11.8 Å². The third-order valence-corrected chi connectivity index (χ3v) is 4.97. The number of carbonyl (C=O) groups excluding carboxylic acids is 2. The van der Waals surface area contributed by atoms with Crippen molar-refractivity contribution >= 4 is 23.5 Å². The molecule has 1 aliphatic carbocycles. The van der Waals surface area contributed by atoms with E-state index >= 15 is 0 Å². The molecule has 1 aromatic rings. The van der Waals surface area contributed by atoms with Gasteiger partial charge in [0, 0.05) is 12.2 Å². The van der Waals surface area contributed by atoms with Gasteiger partial charge in [-0.15, -0.1) is 0 Å². The molecule has 126 valence electrons. The molecular formula is C17H23ClN2O3. The average molecular weight is 339 g/mol. The summed E-state index contributed by atoms with van der Waals surface area (Å²) >= 11 is 5.86. The van der Waals surface area contributed by atoms with Gasteiger partial charge in [0.2, 0.25) is 0 Å². The summed E-state index contributed by atoms with van der Waals surface area (Å²) in [5, 5.41) is 3.07. The molecule has 1 aromatic heterocycles. The van der Waals surface area contributed by atoms with Gasteiger partial charge in [-0.05, 0) is 37.3 Å². The molecule has 0 spiro atoms. The van der Waals surface area contributed by atoms with Crippen molar-refractivity contribution in [3.05, 3.63) is 29.0 Å². The largest absolute Gasteiger partial charge is 0.449 e. The van der Waals surface area contributed by atoms with Crippen molar-refractivity contribution in [2.45, 2.75) is 52.2 Å². The monoisotopic (exact) mass is 338 g/mol. The Kier molecular flexibility index (Phi) is 5.99. The van der Waals surface area contributed by atoms with Gasteiger partial charge in [-0.25, -0.2) is 9.78 Å². The number of hydrogen-bond donors (Lipinski definition) is 1. The van der Waals surface area contributed by atoms with Crippen molar-refractivity contribution in [2.24, 2.45) is 11.8 Å². The van der Waals surface area contributed by atoms with Crippen LogP contribution in [-0.2, 0) is 9.53 Å². The zero-order valence-electron chi connectivity index (χ0n) is 13.7. The Morgan fingerprint density at radius 2 is 2.13 bits per heavy atom. The number of esters is 1. The Morgan fingerprint density at radius 1 is 1.39 bits per heavy atom. The average Bonchev–Trinajstić information content (AvgIpc) is 2.52. The summed E-state index contributed by atoms with van der Waals surface area (Å²) in [4.78, 5) is 28.2. The third kappa shape index (κ3) is 4.44. The highest BCUT2D eigenvalue weighted by Crippen LogP contribution is 2.29. The summed E-state index contributed by atoms with van der Waals surface area (Å²) in [6.07, 6.45) is 3.88. The van der Waals surface area contributed by atoms with Gasteiger partial charge in [0.05, 0.1) is 5.56 Å². The van der Waals surface area contributed by atoms with Crippen LogP contribution < -0.4 is 5.32 Å². The van der Waals surface area contributed by atoms with Crippen LogP contribution in [0.25, 0.3) is 0 Å². The Balaban J connectivity index is 1.92. The molecule has 1 N–H and O–H groups in total. The van der Waals surface area contributed by atoms with Gasteiger partial charge in [0.15, 0.2) is 6.10 Å². The standard InChI is InChI=1S/C17H23ClN2O3/c1-10-6-4-8-14(11(10)2)20-16(21)12(3)23-17(22)13-7-5-9-19-15(13)18/h5,7,9-12,14H,4,6,8H2,1-3H3,(H,20,21)/t10-,11-,12-,14+/m1/s1. The number of nitrogens with zero attached hydrogens (tertiary/aromatic N) is 1. The first-order chi connectivity index (χ1) is 10.9. The molecule has 1 amide bonds. The lowest BCUT2D eigenvalue weighted by atomic mass is 9.78. The Morgan fingerprint density at radius 3 is 2.83 bits per heavy atom. The molecule has 1 heterocycles. The molecule has 1 fully saturated rings. The highest BCUT2D eigenvalue weighted by Gasteiger charge is 2.30. The van der Waals surface area contributed by atoms with Gasteiger partial charge in [-0.3, -0.25) is 4.79 Å². The number of nitrogens with one attached hydrogen (secondary N) is 1. The molecule has 0 bridgehead atoms. The number of pyridine rings is 1. The van der Waals surface area contributed by atoms with Crippen LogP contribution in [0.3, 0.4) is 0 Å². The first-order valence-corrected chi connectivity index (χ1v) is 8.39. The zero-order valence-corrected chi connectivity index (χ0v) is 14.5. The summed E-state index contributed by atoms with van der Waals surface area (Å²) in [5.74, 6) is 0.0876. The van der Waals surface area contributed by atoms with E-state index in [-0.39, 0.29) is 22.7 Å². The molecule has 1 saturated carbocycles. The minimum absolute atomic E-state index is 0.0693. The Hall–Kier alpha value is -1.62. The highest BCUT2D eigenvalue weighted by molar-refractivity contribution is 6.32. The Bertz CT molecular complexity index is 579. The number of ether oxygens (including phenoxy) is 1. The molecule has 0 saturated heterocycles. The van der Waals surface area contributed by atoms with Crippen LogP contribution in [0.15, 0.2) is 18.3 Å². The number of hydrogen-bond acceptors (Lipinski definition) is 4. The van der Waals surface area contributed by atoms with Crippen molar-refractivity contribution in [3.8, 4) is 0 Å². The molecule has 0 unspecified atom stereocenters. The fourth-order valence-corrected chi connectivity index (χ4v) is 3.10. The fraction of sp³-hybridized carbons (Fsp3) is 0.588. The molecular weight excluding hydrogens is 316 g/mol. The second-order valence-electron chi connectivity index (χ2n) is 6.27. The first kappa shape index (κ1) is 17.7. The third-order valence-electron chi connectivity index (χ3n) is 4.67. The van der Waals surface area contributed by atoms with E-state index in [2.05, 4.69) is 24.1 Å². The minimum atomic E-state index is -0.872. The first-order valence-electron chi connectivity index (χ1n) is 8.02. The highest BCUT2D eigenvalue weighted by atomic mass is 35.5. The van der Waals surface area contributed by atoms with Crippen molar-refractivity contribution in [3.63, 3.8) is 0 Å². The topological polar surface area (TPSA) is 68.3 Å². The molecule has 6 heteroatoms. The predicted octanol–water partition coefficient (Wildman–Crippen LogP) is 3.22. The molecule has 2 rings (SSSR count). The summed E-state index contributed by atoms with van der Waals surface area (Å²) in [5.41, 5.74) is 0.161. The summed E-state index contributed by atoms with van der Waals surface area (Å²) in [6.45, 7) is 5.92. The number of aromatic nitrogens is 1. The second-order valence-corrected chi connectivity index (χ2v) is 6.63. The quantitative estimate of drug-likeness (QED) is 0.676. The lowest BCUT2D eigenvalue weighted by Crippen LogP contribution is -2.47. The van der Waals surface area contributed by atoms with Gasteiger partial charge in [-0.2, -0.15) is 0 Å². The van der Waals surface area contributed by atoms with E-state index in [1.54, 1.807) is 13.0 Å². The van der Waals surface area contributed by atoms with E-state index in [1.807, 2.05) is 0 Å². The van der Waals surface area contributed by atoms with Gasteiger partial charge < -0.3 is 10.1 Å². The lowest BCUT2D eigenvalue weighted by Gasteiger charge is -2.35. The van der Waals surface area contributed by atoms with Crippen molar-refractivity contribution in [1.29, 1.82) is 0 Å². The van der Waals surface area contributed by atoms with E-state index in [0.29, 0.717) is 11.8 Å². The summed E-state index contributed by atoms with van der Waals surface area (Å²) in [7, 11) is 0. The SMILES string of the molecule is C[C@@H]1[C@H](C)CCC[C@@H]1NC(=O)[C@@H](C)OC(=O)c1cccnc1Cl. The number of amides is 1. The van der Waals surface area contributed by atoms with E-state index in [1.165, 1.54) is 18.7 Å². The number of rotatable bonds is 4. The van der Waals surface area contributed by atoms with Crippen LogP contribution in [0.5, 0.6) is 0 Å². The van der Waals surface area contributed by atoms with E-state index in [4.69, 9.17) is 16.3 Å². The van der Waals surface area contributed by atoms with Crippen LogP contribution in [0.4, 0.5) is 0 Å². The summed E-state index contributed by atoms with van der Waals surface area (Å²) < 4.78 is 5.21. The molecule has 0 aliphatic heterocycles. The maximum absolute atomic E-state index is 12.3. The fourth-order valence-electron chi connectivity index (χ4n) is 2.90. The van der Waals surface area contributed by atoms with Crippen molar-refractivity contribution < 1.29 is 14.3 Å². The van der Waals surface area contributed by atoms with Crippen molar-refractivity contribution in [1.82, 2.24) is 10.3 Å². The van der Waals surface area contributed by atoms with Gasteiger partial charge >= 0.3 is 5.97 Å². The van der Waals surface area contributed by atoms with Gasteiger partial charge in [0.25, 0.3) is 5.91 Å². The maximum atomic E-state index is 12.3. The van der Waals surface area contributed by atoms with Gasteiger partial charge in [0.1, 0.15) is 5.15 Å². The van der Waals surface area contributed by atoms with Crippen molar-refractivity contribution in [2.75, 3.05) is 0 Å². The summed E-state index contributed by atoms with van der Waals surface area (Å²) in [6, 6.07) is 3.25. The zero-order chi connectivity index (χ0) is 17.0. The molecule has 4 atom stereocenters. The van der Waals surface area contributed by atoms with Gasteiger partial charge in [-0.1, -0.05) is 38.3 Å². The second kappa shape index (κ2) is 7.77. The normalized spacial score (nSPS) is 25.5. The molecule has 5 nitrogen and oxygen atoms in total. The molecule has 23 heavy (non-hydrogen) atoms. The minimum Gasteiger partial charge on any atom is -0.449 e. The molecule has 0 aromatic carbocycles. The number of carbonyl (C=O) groups is 2. The van der Waals surface area contributed by atoms with E-state index < -0.39 is 12.1 Å². The van der Waals surface area contributed by atoms with Crippen LogP contribution in [0.2, 0.25) is 5.15 Å². The van der Waals surface area contributed by atoms with Crippen LogP contribution in [0.1, 0.15) is 50.4 Å². The Labute approximate surface area is 141 Å². The smallest absolute Gasteiger partial charge is 0.342 e. The lowest BCUT2D eigenvalue weighted by molar-refractivity contribution is -0.130. The number of halogens is 1. The van der Waals surface area contributed by atoms with E-state index in [9.17, 15) is 9.59 Å². The van der Waals surface area contributed by atoms with Crippen LogP contribution >= 0.6 is 11.6 Å². The van der Waals surface area contributed by atoms with Crippen LogP contribution in [-0.4, -0.2) is 29.0 Å². The molecule has 0 radical (unpaired) electrons. The predicted molar refractivity (Wildman–Crippen MR) is 88.2 cm³/mol. The van der Waals surface area contributed by atoms with E-state index in [0.717, 1.165) is 12.8 Å². The molecule has 1 aliphatic rings.